The topological polar surface area (TPSA) is 57.6 Å². The van der Waals surface area contributed by atoms with Crippen molar-refractivity contribution in [1.82, 2.24) is 0 Å². The molecular weight excluding hydrogens is 256 g/mol. The number of carboxylic acids is 1. The number of hydrogen-bond donors (Lipinski definition) is 1. The van der Waals surface area contributed by atoms with Crippen LogP contribution >= 0.6 is 0 Å². The molecule has 2 atom stereocenters. The summed E-state index contributed by atoms with van der Waals surface area (Å²) < 4.78 is 26.3. The minimum atomic E-state index is -1.22. The standard InChI is InChI=1S/C13H15F2NO3/c1-3-8(2)12(13(18)19)16(7-17)11-5-9(14)4-10(15)6-11/h4-8,12H,3H2,1-2H3,(H,18,19). The lowest BCUT2D eigenvalue weighted by atomic mass is 9.97. The van der Waals surface area contributed by atoms with Crippen LogP contribution in [0.2, 0.25) is 0 Å². The Morgan fingerprint density at radius 3 is 2.26 bits per heavy atom. The summed E-state index contributed by atoms with van der Waals surface area (Å²) in [7, 11) is 0. The summed E-state index contributed by atoms with van der Waals surface area (Å²) in [5.74, 6) is -3.30. The second-order valence-corrected chi connectivity index (χ2v) is 4.31. The first-order chi connectivity index (χ1) is 8.90. The van der Waals surface area contributed by atoms with Gasteiger partial charge in [0.1, 0.15) is 17.7 Å². The molecule has 0 fully saturated rings. The van der Waals surface area contributed by atoms with E-state index in [1.165, 1.54) is 0 Å². The number of anilines is 1. The Kier molecular flexibility index (Phi) is 4.97. The first-order valence-electron chi connectivity index (χ1n) is 5.83. The van der Waals surface area contributed by atoms with Crippen LogP contribution in [0.1, 0.15) is 20.3 Å². The van der Waals surface area contributed by atoms with E-state index < -0.39 is 23.6 Å². The molecule has 4 nitrogen and oxygen atoms in total. The molecule has 0 spiro atoms. The normalized spacial score (nSPS) is 13.7. The van der Waals surface area contributed by atoms with Gasteiger partial charge in [0.05, 0.1) is 5.69 Å². The Labute approximate surface area is 109 Å². The van der Waals surface area contributed by atoms with Gasteiger partial charge in [-0.05, 0) is 18.1 Å². The van der Waals surface area contributed by atoms with Crippen molar-refractivity contribution in [2.75, 3.05) is 4.90 Å². The van der Waals surface area contributed by atoms with E-state index in [4.69, 9.17) is 0 Å². The third-order valence-corrected chi connectivity index (χ3v) is 2.99. The van der Waals surface area contributed by atoms with E-state index in [-0.39, 0.29) is 18.0 Å². The number of rotatable bonds is 6. The first kappa shape index (κ1) is 15.1. The number of carboxylic acid groups (broad SMARTS) is 1. The highest BCUT2D eigenvalue weighted by atomic mass is 19.1. The molecule has 0 aliphatic carbocycles. The highest BCUT2D eigenvalue weighted by Crippen LogP contribution is 2.23. The number of halogens is 2. The summed E-state index contributed by atoms with van der Waals surface area (Å²) in [6.07, 6.45) is 0.790. The summed E-state index contributed by atoms with van der Waals surface area (Å²) >= 11 is 0. The lowest BCUT2D eigenvalue weighted by Crippen LogP contribution is -2.45. The maximum absolute atomic E-state index is 13.1. The molecule has 1 rings (SSSR count). The number of hydrogen-bond acceptors (Lipinski definition) is 2. The molecule has 0 saturated heterocycles. The molecular formula is C13H15F2NO3. The smallest absolute Gasteiger partial charge is 0.327 e. The van der Waals surface area contributed by atoms with Gasteiger partial charge in [-0.2, -0.15) is 0 Å². The second-order valence-electron chi connectivity index (χ2n) is 4.31. The van der Waals surface area contributed by atoms with Crippen LogP contribution in [-0.4, -0.2) is 23.5 Å². The van der Waals surface area contributed by atoms with Crippen LogP contribution in [-0.2, 0) is 9.59 Å². The van der Waals surface area contributed by atoms with Crippen molar-refractivity contribution in [3.05, 3.63) is 29.8 Å². The molecule has 1 N–H and O–H groups in total. The predicted octanol–water partition coefficient (Wildman–Crippen LogP) is 2.43. The van der Waals surface area contributed by atoms with E-state index in [0.717, 1.165) is 17.0 Å². The van der Waals surface area contributed by atoms with E-state index >= 15 is 0 Å². The van der Waals surface area contributed by atoms with Crippen LogP contribution in [0.3, 0.4) is 0 Å². The average Bonchev–Trinajstić information content (AvgIpc) is 2.33. The van der Waals surface area contributed by atoms with Gasteiger partial charge in [-0.3, -0.25) is 4.79 Å². The molecule has 19 heavy (non-hydrogen) atoms. The van der Waals surface area contributed by atoms with Gasteiger partial charge in [-0.15, -0.1) is 0 Å². The van der Waals surface area contributed by atoms with Gasteiger partial charge in [-0.25, -0.2) is 13.6 Å². The van der Waals surface area contributed by atoms with Gasteiger partial charge >= 0.3 is 5.97 Å². The predicted molar refractivity (Wildman–Crippen MR) is 65.8 cm³/mol. The number of aliphatic carboxylic acids is 1. The lowest BCUT2D eigenvalue weighted by Gasteiger charge is -2.29. The van der Waals surface area contributed by atoms with E-state index in [1.807, 2.05) is 0 Å². The minimum Gasteiger partial charge on any atom is -0.480 e. The zero-order valence-electron chi connectivity index (χ0n) is 10.6. The van der Waals surface area contributed by atoms with Crippen LogP contribution in [0.4, 0.5) is 14.5 Å². The van der Waals surface area contributed by atoms with E-state index in [0.29, 0.717) is 12.5 Å². The molecule has 104 valence electrons. The molecule has 1 aromatic rings. The summed E-state index contributed by atoms with van der Waals surface area (Å²) in [5.41, 5.74) is -0.111. The Morgan fingerprint density at radius 2 is 1.89 bits per heavy atom. The van der Waals surface area contributed by atoms with Gasteiger partial charge in [0.2, 0.25) is 6.41 Å². The fraction of sp³-hybridized carbons (Fsp3) is 0.385. The summed E-state index contributed by atoms with van der Waals surface area (Å²) in [6.45, 7) is 3.43. The molecule has 1 aromatic carbocycles. The Bertz CT molecular complexity index is 459. The molecule has 0 bridgehead atoms. The first-order valence-corrected chi connectivity index (χ1v) is 5.83. The summed E-state index contributed by atoms with van der Waals surface area (Å²) in [5, 5.41) is 9.19. The van der Waals surface area contributed by atoms with Crippen molar-refractivity contribution < 1.29 is 23.5 Å². The van der Waals surface area contributed by atoms with Crippen LogP contribution in [0.25, 0.3) is 0 Å². The van der Waals surface area contributed by atoms with Crippen molar-refractivity contribution in [3.63, 3.8) is 0 Å². The maximum Gasteiger partial charge on any atom is 0.327 e. The molecule has 1 amide bonds. The van der Waals surface area contributed by atoms with Crippen molar-refractivity contribution in [2.45, 2.75) is 26.3 Å². The summed E-state index contributed by atoms with van der Waals surface area (Å²) in [4.78, 5) is 23.2. The number of benzene rings is 1. The quantitative estimate of drug-likeness (QED) is 0.808. The average molecular weight is 271 g/mol. The molecule has 6 heteroatoms. The van der Waals surface area contributed by atoms with Crippen molar-refractivity contribution >= 4 is 18.1 Å². The van der Waals surface area contributed by atoms with Gasteiger partial charge in [0.25, 0.3) is 0 Å². The Morgan fingerprint density at radius 1 is 1.37 bits per heavy atom. The number of nitrogens with zero attached hydrogens (tertiary/aromatic N) is 1. The maximum atomic E-state index is 13.1. The van der Waals surface area contributed by atoms with Crippen LogP contribution in [0.15, 0.2) is 18.2 Å². The van der Waals surface area contributed by atoms with Crippen molar-refractivity contribution in [3.8, 4) is 0 Å². The van der Waals surface area contributed by atoms with Gasteiger partial charge < -0.3 is 10.0 Å². The third kappa shape index (κ3) is 3.49. The molecule has 2 unspecified atom stereocenters. The number of amides is 1. The van der Waals surface area contributed by atoms with E-state index in [1.54, 1.807) is 13.8 Å². The fourth-order valence-corrected chi connectivity index (χ4v) is 1.84. The molecule has 0 aliphatic rings. The zero-order chi connectivity index (χ0) is 14.6. The summed E-state index contributed by atoms with van der Waals surface area (Å²) in [6, 6.07) is 1.35. The van der Waals surface area contributed by atoms with Crippen LogP contribution in [0.5, 0.6) is 0 Å². The Balaban J connectivity index is 3.23. The monoisotopic (exact) mass is 271 g/mol. The van der Waals surface area contributed by atoms with Crippen LogP contribution < -0.4 is 4.90 Å². The highest BCUT2D eigenvalue weighted by molar-refractivity contribution is 5.88. The van der Waals surface area contributed by atoms with Crippen molar-refractivity contribution in [2.24, 2.45) is 5.92 Å². The molecule has 0 saturated carbocycles. The largest absolute Gasteiger partial charge is 0.480 e. The third-order valence-electron chi connectivity index (χ3n) is 2.99. The van der Waals surface area contributed by atoms with Gasteiger partial charge in [0, 0.05) is 6.07 Å². The highest BCUT2D eigenvalue weighted by Gasteiger charge is 2.30. The fourth-order valence-electron chi connectivity index (χ4n) is 1.84. The van der Waals surface area contributed by atoms with Crippen LogP contribution in [0, 0.1) is 17.6 Å². The lowest BCUT2D eigenvalue weighted by molar-refractivity contribution is -0.140. The van der Waals surface area contributed by atoms with Crippen molar-refractivity contribution in [1.29, 1.82) is 0 Å². The van der Waals surface area contributed by atoms with Gasteiger partial charge in [-0.1, -0.05) is 20.3 Å². The molecule has 0 heterocycles. The van der Waals surface area contributed by atoms with Gasteiger partial charge in [0.15, 0.2) is 0 Å². The SMILES string of the molecule is CCC(C)C(C(=O)O)N(C=O)c1cc(F)cc(F)c1. The number of carbonyl (C=O) groups excluding carboxylic acids is 1. The zero-order valence-corrected chi connectivity index (χ0v) is 10.6. The molecule has 0 aliphatic heterocycles. The van der Waals surface area contributed by atoms with E-state index in [9.17, 15) is 23.5 Å². The Hall–Kier alpha value is -1.98. The second kappa shape index (κ2) is 6.26. The molecule has 0 aromatic heterocycles. The molecule has 0 radical (unpaired) electrons. The number of carbonyl (C=O) groups is 2. The minimum absolute atomic E-state index is 0.111. The van der Waals surface area contributed by atoms with E-state index in [2.05, 4.69) is 0 Å².